The first-order valence-corrected chi connectivity index (χ1v) is 10.9. The van der Waals surface area contributed by atoms with Crippen LogP contribution >= 0.6 is 0 Å². The molecule has 166 valence electrons. The lowest BCUT2D eigenvalue weighted by molar-refractivity contribution is -0.140. The molecule has 0 bridgehead atoms. The van der Waals surface area contributed by atoms with Crippen molar-refractivity contribution >= 4 is 11.8 Å². The fourth-order valence-electron chi connectivity index (χ4n) is 3.73. The first-order valence-electron chi connectivity index (χ1n) is 10.9. The summed E-state index contributed by atoms with van der Waals surface area (Å²) in [6.07, 6.45) is 0.584. The Morgan fingerprint density at radius 3 is 2.25 bits per heavy atom. The van der Waals surface area contributed by atoms with Crippen LogP contribution in [0.5, 0.6) is 0 Å². The smallest absolute Gasteiger partial charge is 0.243 e. The molecule has 0 aliphatic heterocycles. The molecule has 0 aliphatic carbocycles. The van der Waals surface area contributed by atoms with E-state index in [0.717, 1.165) is 22.3 Å². The first-order chi connectivity index (χ1) is 15.5. The number of hydrogen-bond donors (Lipinski definition) is 1. The molecular weight excluding hydrogens is 403 g/mol. The highest BCUT2D eigenvalue weighted by Gasteiger charge is 2.30. The minimum absolute atomic E-state index is 0.146. The van der Waals surface area contributed by atoms with Gasteiger partial charge in [0.2, 0.25) is 11.8 Å². The first kappa shape index (κ1) is 23.2. The molecule has 3 aromatic carbocycles. The molecule has 0 saturated heterocycles. The summed E-state index contributed by atoms with van der Waals surface area (Å²) in [6.45, 7) is 4.54. The molecule has 0 fully saturated rings. The molecule has 3 rings (SSSR count). The number of amides is 2. The summed E-state index contributed by atoms with van der Waals surface area (Å²) in [4.78, 5) is 28.2. The summed E-state index contributed by atoms with van der Waals surface area (Å²) in [5, 5.41) is 2.88. The molecule has 0 unspecified atom stereocenters. The van der Waals surface area contributed by atoms with Gasteiger partial charge in [-0.1, -0.05) is 72.3 Å². The van der Waals surface area contributed by atoms with Crippen LogP contribution in [-0.2, 0) is 29.0 Å². The Morgan fingerprint density at radius 1 is 0.906 bits per heavy atom. The molecule has 1 N–H and O–H groups in total. The van der Waals surface area contributed by atoms with Crippen molar-refractivity contribution in [2.45, 2.75) is 39.3 Å². The van der Waals surface area contributed by atoms with E-state index in [0.29, 0.717) is 13.0 Å². The number of rotatable bonds is 9. The Hall–Kier alpha value is -3.47. The van der Waals surface area contributed by atoms with Crippen LogP contribution in [0, 0.1) is 12.7 Å². The highest BCUT2D eigenvalue weighted by atomic mass is 19.1. The lowest BCUT2D eigenvalue weighted by Gasteiger charge is -2.31. The summed E-state index contributed by atoms with van der Waals surface area (Å²) in [6, 6.07) is 22.8. The average molecular weight is 433 g/mol. The van der Waals surface area contributed by atoms with Gasteiger partial charge < -0.3 is 10.2 Å². The molecule has 32 heavy (non-hydrogen) atoms. The summed E-state index contributed by atoms with van der Waals surface area (Å²) in [5.74, 6) is -0.681. The fraction of sp³-hybridized carbons (Fsp3) is 0.259. The molecule has 0 aliphatic rings. The third-order valence-corrected chi connectivity index (χ3v) is 5.33. The van der Waals surface area contributed by atoms with Crippen LogP contribution in [0.3, 0.4) is 0 Å². The van der Waals surface area contributed by atoms with Crippen LogP contribution in [0.2, 0.25) is 0 Å². The number of halogens is 1. The molecule has 3 aromatic rings. The zero-order chi connectivity index (χ0) is 22.9. The highest BCUT2D eigenvalue weighted by Crippen LogP contribution is 2.17. The standard InChI is InChI=1S/C27H29FN2O2/c1-3-29-27(32)25(17-21-9-5-4-6-10-21)30(19-22-12-14-24(28)15-13-22)26(31)18-23-11-7-8-20(2)16-23/h4-16,25H,3,17-19H2,1-2H3,(H,29,32)/t25-/m1/s1. The molecule has 0 aromatic heterocycles. The highest BCUT2D eigenvalue weighted by molar-refractivity contribution is 5.88. The molecule has 0 radical (unpaired) electrons. The molecule has 4 nitrogen and oxygen atoms in total. The van der Waals surface area contributed by atoms with Gasteiger partial charge in [-0.25, -0.2) is 4.39 Å². The van der Waals surface area contributed by atoms with Gasteiger partial charge in [0.15, 0.2) is 0 Å². The number of benzene rings is 3. The van der Waals surface area contributed by atoms with Crippen LogP contribution in [0.1, 0.15) is 29.2 Å². The van der Waals surface area contributed by atoms with E-state index in [1.807, 2.05) is 68.4 Å². The van der Waals surface area contributed by atoms with Crippen molar-refractivity contribution in [1.29, 1.82) is 0 Å². The Labute approximate surface area is 189 Å². The molecule has 0 heterocycles. The Bertz CT molecular complexity index is 1040. The number of aryl methyl sites for hydroxylation is 1. The molecular formula is C27H29FN2O2. The monoisotopic (exact) mass is 432 g/mol. The van der Waals surface area contributed by atoms with Crippen molar-refractivity contribution < 1.29 is 14.0 Å². The molecule has 5 heteroatoms. The van der Waals surface area contributed by atoms with Gasteiger partial charge in [0.25, 0.3) is 0 Å². The van der Waals surface area contributed by atoms with E-state index in [4.69, 9.17) is 0 Å². The van der Waals surface area contributed by atoms with Gasteiger partial charge in [-0.05, 0) is 42.7 Å². The minimum Gasteiger partial charge on any atom is -0.355 e. The van der Waals surface area contributed by atoms with Gasteiger partial charge in [0.1, 0.15) is 11.9 Å². The number of carbonyl (C=O) groups is 2. The Kier molecular flexibility index (Phi) is 8.14. The molecule has 0 spiro atoms. The second-order valence-electron chi connectivity index (χ2n) is 7.91. The predicted molar refractivity (Wildman–Crippen MR) is 124 cm³/mol. The molecule has 2 amide bonds. The van der Waals surface area contributed by atoms with Crippen molar-refractivity contribution in [3.05, 3.63) is 107 Å². The number of carbonyl (C=O) groups excluding carboxylic acids is 2. The number of nitrogens with one attached hydrogen (secondary N) is 1. The van der Waals surface area contributed by atoms with E-state index in [9.17, 15) is 14.0 Å². The minimum atomic E-state index is -0.681. The molecule has 0 saturated carbocycles. The summed E-state index contributed by atoms with van der Waals surface area (Å²) >= 11 is 0. The van der Waals surface area contributed by atoms with Gasteiger partial charge in [-0.2, -0.15) is 0 Å². The zero-order valence-corrected chi connectivity index (χ0v) is 18.6. The van der Waals surface area contributed by atoms with E-state index < -0.39 is 6.04 Å². The van der Waals surface area contributed by atoms with E-state index in [2.05, 4.69) is 5.32 Å². The van der Waals surface area contributed by atoms with Crippen molar-refractivity contribution in [3.63, 3.8) is 0 Å². The Morgan fingerprint density at radius 2 is 1.59 bits per heavy atom. The fourth-order valence-corrected chi connectivity index (χ4v) is 3.73. The summed E-state index contributed by atoms with van der Waals surface area (Å²) < 4.78 is 13.4. The van der Waals surface area contributed by atoms with Gasteiger partial charge in [0, 0.05) is 19.5 Å². The largest absolute Gasteiger partial charge is 0.355 e. The second-order valence-corrected chi connectivity index (χ2v) is 7.91. The second kappa shape index (κ2) is 11.2. The van der Waals surface area contributed by atoms with Gasteiger partial charge in [-0.15, -0.1) is 0 Å². The van der Waals surface area contributed by atoms with Gasteiger partial charge >= 0.3 is 0 Å². The van der Waals surface area contributed by atoms with Gasteiger partial charge in [0.05, 0.1) is 6.42 Å². The third-order valence-electron chi connectivity index (χ3n) is 5.33. The summed E-state index contributed by atoms with van der Waals surface area (Å²) in [7, 11) is 0. The number of likely N-dealkylation sites (N-methyl/N-ethyl adjacent to an activating group) is 1. The van der Waals surface area contributed by atoms with E-state index in [-0.39, 0.29) is 30.6 Å². The lowest BCUT2D eigenvalue weighted by Crippen LogP contribution is -2.50. The number of nitrogens with zero attached hydrogens (tertiary/aromatic N) is 1. The van der Waals surface area contributed by atoms with Crippen LogP contribution in [-0.4, -0.2) is 29.3 Å². The van der Waals surface area contributed by atoms with E-state index >= 15 is 0 Å². The van der Waals surface area contributed by atoms with Crippen LogP contribution in [0.4, 0.5) is 4.39 Å². The maximum absolute atomic E-state index is 13.5. The topological polar surface area (TPSA) is 49.4 Å². The van der Waals surface area contributed by atoms with Crippen molar-refractivity contribution in [2.75, 3.05) is 6.54 Å². The maximum Gasteiger partial charge on any atom is 0.243 e. The lowest BCUT2D eigenvalue weighted by atomic mass is 10.0. The van der Waals surface area contributed by atoms with Crippen molar-refractivity contribution in [1.82, 2.24) is 10.2 Å². The third kappa shape index (κ3) is 6.51. The quantitative estimate of drug-likeness (QED) is 0.543. The maximum atomic E-state index is 13.5. The normalized spacial score (nSPS) is 11.6. The van der Waals surface area contributed by atoms with Crippen molar-refractivity contribution in [2.24, 2.45) is 0 Å². The van der Waals surface area contributed by atoms with Crippen LogP contribution in [0.25, 0.3) is 0 Å². The predicted octanol–water partition coefficient (Wildman–Crippen LogP) is 4.45. The van der Waals surface area contributed by atoms with E-state index in [1.54, 1.807) is 17.0 Å². The SMILES string of the molecule is CCNC(=O)[C@@H](Cc1ccccc1)N(Cc1ccc(F)cc1)C(=O)Cc1cccc(C)c1. The van der Waals surface area contributed by atoms with Crippen molar-refractivity contribution in [3.8, 4) is 0 Å². The van der Waals surface area contributed by atoms with Gasteiger partial charge in [-0.3, -0.25) is 9.59 Å². The molecule has 1 atom stereocenters. The van der Waals surface area contributed by atoms with Crippen LogP contribution < -0.4 is 5.32 Å². The van der Waals surface area contributed by atoms with E-state index in [1.165, 1.54) is 12.1 Å². The average Bonchev–Trinajstić information content (AvgIpc) is 2.78. The zero-order valence-electron chi connectivity index (χ0n) is 18.6. The summed E-state index contributed by atoms with van der Waals surface area (Å²) in [5.41, 5.74) is 3.71. The number of hydrogen-bond acceptors (Lipinski definition) is 2. The van der Waals surface area contributed by atoms with Crippen LogP contribution in [0.15, 0.2) is 78.9 Å². The Balaban J connectivity index is 1.94.